The molecule has 0 atom stereocenters. The van der Waals surface area contributed by atoms with Crippen molar-refractivity contribution in [2.75, 3.05) is 6.61 Å². The van der Waals surface area contributed by atoms with E-state index >= 15 is 0 Å². The van der Waals surface area contributed by atoms with Gasteiger partial charge in [0.1, 0.15) is 5.69 Å². The Morgan fingerprint density at radius 3 is 2.59 bits per heavy atom. The summed E-state index contributed by atoms with van der Waals surface area (Å²) in [4.78, 5) is 23.8. The maximum absolute atomic E-state index is 12.4. The van der Waals surface area contributed by atoms with Crippen molar-refractivity contribution in [1.29, 1.82) is 0 Å². The Balaban J connectivity index is 2.10. The summed E-state index contributed by atoms with van der Waals surface area (Å²) in [7, 11) is 0. The van der Waals surface area contributed by atoms with E-state index in [9.17, 15) is 4.79 Å². The molecule has 0 saturated heterocycles. The number of allylic oxidation sites excluding steroid dienone is 2. The van der Waals surface area contributed by atoms with Crippen LogP contribution in [0.4, 0.5) is 0 Å². The van der Waals surface area contributed by atoms with Gasteiger partial charge in [0.15, 0.2) is 0 Å². The van der Waals surface area contributed by atoms with Crippen molar-refractivity contribution in [3.63, 3.8) is 0 Å². The lowest BCUT2D eigenvalue weighted by Crippen LogP contribution is -2.08. The number of hydrogen-bond acceptors (Lipinski definition) is 3. The highest BCUT2D eigenvalue weighted by Gasteiger charge is 2.27. The Morgan fingerprint density at radius 1 is 1.22 bits per heavy atom. The summed E-state index contributed by atoms with van der Waals surface area (Å²) in [5.74, 6) is -0.304. The fraction of sp³-hybridized carbons (Fsp3) is 0.364. The van der Waals surface area contributed by atoms with E-state index in [1.165, 1.54) is 5.57 Å². The standard InChI is InChI=1S/C22H27N3O2/c1-6-16-13(4)19(24-18(16)12-15-10-9-11-23-15)20-14(5)17(7-2)21(25-20)22(26)27-8-3/h9-12,23,25H,6-8H2,1-5H3/b18-12-. The minimum absolute atomic E-state index is 0.304. The predicted molar refractivity (Wildman–Crippen MR) is 109 cm³/mol. The Hall–Kier alpha value is -2.82. The molecule has 0 amide bonds. The lowest BCUT2D eigenvalue weighted by molar-refractivity contribution is 0.0519. The van der Waals surface area contributed by atoms with E-state index in [-0.39, 0.29) is 5.97 Å². The summed E-state index contributed by atoms with van der Waals surface area (Å²) in [5.41, 5.74) is 8.80. The number of ether oxygens (including phenoxy) is 1. The zero-order chi connectivity index (χ0) is 19.6. The SMILES string of the molecule is CCOC(=O)c1[nH]c(C2=N/C(=C\c3ccc[nH]3)C(CC)=C2C)c(C)c1CC. The normalized spacial score (nSPS) is 15.6. The van der Waals surface area contributed by atoms with Crippen molar-refractivity contribution >= 4 is 17.8 Å². The number of nitrogens with one attached hydrogen (secondary N) is 2. The summed E-state index contributed by atoms with van der Waals surface area (Å²) in [6.07, 6.45) is 5.64. The quantitative estimate of drug-likeness (QED) is 0.710. The number of aliphatic imine (C=N–C) groups is 1. The zero-order valence-electron chi connectivity index (χ0n) is 16.7. The first-order chi connectivity index (χ1) is 13.0. The maximum Gasteiger partial charge on any atom is 0.355 e. The van der Waals surface area contributed by atoms with Gasteiger partial charge in [0.2, 0.25) is 0 Å². The van der Waals surface area contributed by atoms with E-state index in [1.54, 1.807) is 0 Å². The first-order valence-electron chi connectivity index (χ1n) is 9.54. The van der Waals surface area contributed by atoms with Gasteiger partial charge in [-0.05, 0) is 74.1 Å². The van der Waals surface area contributed by atoms with Gasteiger partial charge in [-0.1, -0.05) is 13.8 Å². The predicted octanol–water partition coefficient (Wildman–Crippen LogP) is 4.96. The van der Waals surface area contributed by atoms with Crippen LogP contribution in [0.15, 0.2) is 40.2 Å². The third-order valence-corrected chi connectivity index (χ3v) is 5.07. The summed E-state index contributed by atoms with van der Waals surface area (Å²) < 4.78 is 5.22. The number of hydrogen-bond donors (Lipinski definition) is 2. The largest absolute Gasteiger partial charge is 0.461 e. The van der Waals surface area contributed by atoms with Gasteiger partial charge in [-0.15, -0.1) is 0 Å². The third-order valence-electron chi connectivity index (χ3n) is 5.07. The molecular formula is C22H27N3O2. The van der Waals surface area contributed by atoms with Crippen LogP contribution in [0.25, 0.3) is 6.08 Å². The molecule has 1 aliphatic heterocycles. The second-order valence-electron chi connectivity index (χ2n) is 6.63. The monoisotopic (exact) mass is 365 g/mol. The number of nitrogens with zero attached hydrogens (tertiary/aromatic N) is 1. The lowest BCUT2D eigenvalue weighted by Gasteiger charge is -2.03. The van der Waals surface area contributed by atoms with Crippen LogP contribution in [0.1, 0.15) is 67.1 Å². The molecule has 0 unspecified atom stereocenters. The molecule has 5 heteroatoms. The number of aromatic amines is 2. The average Bonchev–Trinajstić information content (AvgIpc) is 3.34. The summed E-state index contributed by atoms with van der Waals surface area (Å²) in [6, 6.07) is 4.00. The van der Waals surface area contributed by atoms with E-state index in [2.05, 4.69) is 36.8 Å². The highest BCUT2D eigenvalue weighted by molar-refractivity contribution is 6.16. The summed E-state index contributed by atoms with van der Waals surface area (Å²) >= 11 is 0. The van der Waals surface area contributed by atoms with Crippen LogP contribution in [0.5, 0.6) is 0 Å². The van der Waals surface area contributed by atoms with Crippen molar-refractivity contribution in [3.8, 4) is 0 Å². The van der Waals surface area contributed by atoms with Gasteiger partial charge < -0.3 is 14.7 Å². The third kappa shape index (κ3) is 3.42. The number of aromatic nitrogens is 2. The van der Waals surface area contributed by atoms with Crippen LogP contribution in [0, 0.1) is 6.92 Å². The molecule has 27 heavy (non-hydrogen) atoms. The molecule has 2 aromatic rings. The molecule has 0 aliphatic carbocycles. The van der Waals surface area contributed by atoms with Crippen molar-refractivity contribution in [3.05, 3.63) is 63.4 Å². The summed E-state index contributed by atoms with van der Waals surface area (Å²) in [6.45, 7) is 10.5. The number of esters is 1. The molecule has 0 spiro atoms. The maximum atomic E-state index is 12.4. The molecule has 0 radical (unpaired) electrons. The Kier molecular flexibility index (Phi) is 5.49. The molecule has 0 saturated carbocycles. The summed E-state index contributed by atoms with van der Waals surface area (Å²) in [5, 5.41) is 0. The Bertz CT molecular complexity index is 941. The first kappa shape index (κ1) is 19.0. The van der Waals surface area contributed by atoms with Crippen molar-refractivity contribution < 1.29 is 9.53 Å². The van der Waals surface area contributed by atoms with Crippen molar-refractivity contribution in [2.24, 2.45) is 4.99 Å². The molecule has 1 aliphatic rings. The van der Waals surface area contributed by atoms with Crippen LogP contribution in [-0.4, -0.2) is 28.3 Å². The molecule has 142 valence electrons. The smallest absolute Gasteiger partial charge is 0.355 e. The van der Waals surface area contributed by atoms with Gasteiger partial charge in [-0.2, -0.15) is 0 Å². The van der Waals surface area contributed by atoms with Gasteiger partial charge in [-0.25, -0.2) is 9.79 Å². The fourth-order valence-corrected chi connectivity index (χ4v) is 3.69. The van der Waals surface area contributed by atoms with Gasteiger partial charge in [0.05, 0.1) is 23.7 Å². The molecule has 5 nitrogen and oxygen atoms in total. The molecule has 0 aromatic carbocycles. The second-order valence-corrected chi connectivity index (χ2v) is 6.63. The van der Waals surface area contributed by atoms with E-state index in [1.807, 2.05) is 32.2 Å². The average molecular weight is 365 g/mol. The van der Waals surface area contributed by atoms with Gasteiger partial charge in [-0.3, -0.25) is 0 Å². The number of carbonyl (C=O) groups is 1. The number of H-pyrrole nitrogens is 2. The van der Waals surface area contributed by atoms with Crippen LogP contribution in [0.2, 0.25) is 0 Å². The van der Waals surface area contributed by atoms with Crippen molar-refractivity contribution in [1.82, 2.24) is 9.97 Å². The van der Waals surface area contributed by atoms with Crippen LogP contribution < -0.4 is 0 Å². The topological polar surface area (TPSA) is 70.2 Å². The molecule has 2 N–H and O–H groups in total. The molecule has 2 aromatic heterocycles. The van der Waals surface area contributed by atoms with Gasteiger partial charge >= 0.3 is 5.97 Å². The minimum atomic E-state index is -0.304. The Morgan fingerprint density at radius 2 is 2.00 bits per heavy atom. The van der Waals surface area contributed by atoms with Crippen LogP contribution in [0.3, 0.4) is 0 Å². The lowest BCUT2D eigenvalue weighted by atomic mass is 9.99. The van der Waals surface area contributed by atoms with E-state index < -0.39 is 0 Å². The van der Waals surface area contributed by atoms with Gasteiger partial charge in [0, 0.05) is 11.9 Å². The molecule has 3 heterocycles. The number of carbonyl (C=O) groups excluding carboxylic acids is 1. The number of rotatable bonds is 6. The first-order valence-corrected chi connectivity index (χ1v) is 9.54. The molecular weight excluding hydrogens is 338 g/mol. The Labute approximate surface area is 160 Å². The van der Waals surface area contributed by atoms with Crippen LogP contribution >= 0.6 is 0 Å². The van der Waals surface area contributed by atoms with Gasteiger partial charge in [0.25, 0.3) is 0 Å². The highest BCUT2D eigenvalue weighted by Crippen LogP contribution is 2.33. The molecule has 0 fully saturated rings. The van der Waals surface area contributed by atoms with E-state index in [0.29, 0.717) is 12.3 Å². The second kappa shape index (κ2) is 7.82. The molecule has 0 bridgehead atoms. The van der Waals surface area contributed by atoms with Crippen molar-refractivity contribution in [2.45, 2.75) is 47.5 Å². The fourth-order valence-electron chi connectivity index (χ4n) is 3.69. The molecule has 3 rings (SSSR count). The van der Waals surface area contributed by atoms with E-state index in [4.69, 9.17) is 9.73 Å². The minimum Gasteiger partial charge on any atom is -0.461 e. The zero-order valence-corrected chi connectivity index (χ0v) is 16.7. The van der Waals surface area contributed by atoms with E-state index in [0.717, 1.165) is 52.3 Å². The highest BCUT2D eigenvalue weighted by atomic mass is 16.5. The van der Waals surface area contributed by atoms with Crippen LogP contribution in [-0.2, 0) is 11.2 Å².